The monoisotopic (exact) mass is 2780 g/mol. The second-order valence-electron chi connectivity index (χ2n) is 0. The Morgan fingerprint density at radius 2 is 0.0714 bits per heavy atom. The Hall–Kier alpha value is 16.0. The Morgan fingerprint density at radius 3 is 0.0714 bits per heavy atom. The van der Waals surface area contributed by atoms with Crippen molar-refractivity contribution in [2.24, 2.45) is 0 Å². The van der Waals surface area contributed by atoms with Crippen LogP contribution in [0.2, 0.25) is 0 Å². The van der Waals surface area contributed by atoms with Gasteiger partial charge < -0.3 is 197 Å². The smallest absolute Gasteiger partial charge is 2.00 e. The summed E-state index contributed by atoms with van der Waals surface area (Å²) < 4.78 is 0. The zero-order valence-corrected chi connectivity index (χ0v) is 77.9. The zero-order valence-electron chi connectivity index (χ0n) is 28.2. The first-order chi connectivity index (χ1) is 0. The predicted molar refractivity (Wildman–Crippen MR) is 24.7 cm³/mol. The maximum absolute atomic E-state index is 0. The van der Waals surface area contributed by atoms with E-state index in [2.05, 4.69) is 0 Å². The van der Waals surface area contributed by atoms with E-state index in [-0.39, 0.29) is 723 Å². The van der Waals surface area contributed by atoms with Crippen molar-refractivity contribution in [1.82, 2.24) is 0 Å². The fraction of sp³-hybridized carbons (Fsp3) is 0. The molecule has 0 rings (SSSR count). The summed E-state index contributed by atoms with van der Waals surface area (Å²) in [7, 11) is 0. The third kappa shape index (κ3) is 1300. The molecule has 0 saturated heterocycles. The molecule has 0 atom stereocenters. The van der Waals surface area contributed by atoms with Gasteiger partial charge in [-0.25, -0.2) is 0 Å². The summed E-state index contributed by atoms with van der Waals surface area (Å²) in [5, 5.41) is 0. The molecule has 0 saturated carbocycles. The second kappa shape index (κ2) is 1360. The third-order valence-electron chi connectivity index (χ3n) is 0. The molecule has 0 aliphatic carbocycles. The van der Waals surface area contributed by atoms with Gasteiger partial charge >= 0.3 is 315 Å². The van der Waals surface area contributed by atoms with Crippen LogP contribution in [-0.4, -0.2) is 0 Å². The molecule has 0 radical (unpaired) electrons. The van der Waals surface area contributed by atoms with Crippen LogP contribution in [-0.2, 0) is 408 Å². The van der Waals surface area contributed by atoms with Crippen LogP contribution in [0.1, 0.15) is 0 Å². The first-order valence-corrected chi connectivity index (χ1v) is 0. The molecular weight excluding hydrogens is 2770 g/mol. The molecule has 352 valence electrons. The molecule has 0 aliphatic heterocycles. The minimum absolute atomic E-state index is 0. The number of hydrogen-bond donors (Lipinski definition) is 0. The largest absolute Gasteiger partial charge is 3.00 e. The Morgan fingerprint density at radius 1 is 0.0714 bits per heavy atom. The van der Waals surface area contributed by atoms with Gasteiger partial charge in [0.2, 0.25) is 0 Å². The summed E-state index contributed by atoms with van der Waals surface area (Å²) in [4.78, 5) is 0. The normalized spacial score (nSPS) is 0. The quantitative estimate of drug-likeness (QED) is 0.204. The molecule has 0 aromatic rings. The molecule has 0 unspecified atom stereocenters. The van der Waals surface area contributed by atoms with Crippen LogP contribution in [0.5, 0.6) is 0 Å². The van der Waals surface area contributed by atoms with Crippen molar-refractivity contribution in [3.63, 3.8) is 0 Å². The van der Waals surface area contributed by atoms with Crippen molar-refractivity contribution < 1.29 is 723 Å². The van der Waals surface area contributed by atoms with Crippen LogP contribution in [0.4, 0.5) is 0 Å². The van der Waals surface area contributed by atoms with E-state index in [4.69, 9.17) is 0 Å². The minimum Gasteiger partial charge on any atom is -2.00 e. The van der Waals surface area contributed by atoms with E-state index in [1.807, 2.05) is 0 Å². The molecule has 0 aliphatic rings. The van der Waals surface area contributed by atoms with Gasteiger partial charge in [0.1, 0.15) is 0 Å². The number of hydrogen-bond acceptors (Lipinski definition) is 0. The van der Waals surface area contributed by atoms with Crippen LogP contribution in [0.3, 0.4) is 0 Å². The second-order valence-corrected chi connectivity index (χ2v) is 0. The SMILES string of the molecule is [Eu+3].[Na+].[Na+].[Na+].[Na+].[Na+].[Na+].[Na+].[Na+].[Na+].[O-2].[O-2].[O-2].[O-2].[O-2].[O-2].[O-2].[O-2].[O-2].[O-2].[O-2].[O-2].[O-2].[O-2].[O-2].[O-2].[O-2].[O-2].[O-2].[O-2].[O-2].[O-2].[O-2].[O-2].[O-2].[O-2].[O-2].[O-2].[O-2].[O-2].[O-2].[O-2].[O-2].[O-2].[O-2].[O-2].[W].[W].[W].[W].[W].[W].[W].[W].[W].[W]. The van der Waals surface area contributed by atoms with E-state index in [1.165, 1.54) is 0 Å². The maximum Gasteiger partial charge on any atom is 3.00 e. The van der Waals surface area contributed by atoms with Crippen molar-refractivity contribution >= 4 is 0 Å². The van der Waals surface area contributed by atoms with Gasteiger partial charge in [0.15, 0.2) is 0 Å². The summed E-state index contributed by atoms with van der Waals surface area (Å²) >= 11 is 0. The fourth-order valence-electron chi connectivity index (χ4n) is 0. The van der Waals surface area contributed by atoms with Crippen molar-refractivity contribution in [1.29, 1.82) is 0 Å². The van der Waals surface area contributed by atoms with Gasteiger partial charge in [0, 0.05) is 211 Å². The first kappa shape index (κ1) is 1410. The summed E-state index contributed by atoms with van der Waals surface area (Å²) in [5.74, 6) is 0. The van der Waals surface area contributed by atoms with Gasteiger partial charge in [-0.1, -0.05) is 0 Å². The van der Waals surface area contributed by atoms with Crippen LogP contribution >= 0.6 is 0 Å². The molecule has 56 heteroatoms. The van der Waals surface area contributed by atoms with Crippen LogP contribution in [0.15, 0.2) is 0 Å². The fourth-order valence-corrected chi connectivity index (χ4v) is 0. The molecule has 56 heavy (non-hydrogen) atoms. The van der Waals surface area contributed by atoms with Gasteiger partial charge in [0.05, 0.1) is 0 Å². The van der Waals surface area contributed by atoms with Gasteiger partial charge in [-0.3, -0.25) is 0 Å². The van der Waals surface area contributed by atoms with E-state index >= 15 is 0 Å². The average molecular weight is 2770 g/mol. The van der Waals surface area contributed by atoms with Crippen LogP contribution in [0, 0.1) is 49.4 Å². The topological polar surface area (TPSA) is 1030 Å². The predicted octanol–water partition coefficient (Wildman–Crippen LogP) is -31.3. The van der Waals surface area contributed by atoms with Gasteiger partial charge in [0.25, 0.3) is 0 Å². The van der Waals surface area contributed by atoms with E-state index in [1.54, 1.807) is 0 Å². The molecule has 0 bridgehead atoms. The molecule has 0 heterocycles. The minimum atomic E-state index is 0. The van der Waals surface area contributed by atoms with Gasteiger partial charge in [-0.05, 0) is 0 Å². The summed E-state index contributed by atoms with van der Waals surface area (Å²) in [6.45, 7) is 0. The average Bonchev–Trinajstić information content (AvgIpc) is 0. The Kier molecular flexibility index (Phi) is 34300. The molecular formula is EuNa9O36W10-60. The van der Waals surface area contributed by atoms with E-state index in [0.29, 0.717) is 0 Å². The van der Waals surface area contributed by atoms with Gasteiger partial charge in [-0.15, -0.1) is 0 Å². The van der Waals surface area contributed by atoms with Crippen LogP contribution < -0.4 is 266 Å². The molecule has 0 amide bonds. The van der Waals surface area contributed by atoms with Crippen molar-refractivity contribution in [2.45, 2.75) is 0 Å². The van der Waals surface area contributed by atoms with E-state index in [9.17, 15) is 0 Å². The maximum atomic E-state index is 0. The molecule has 0 aromatic heterocycles. The first-order valence-electron chi connectivity index (χ1n) is 0. The Balaban J connectivity index is 0. The Labute approximate surface area is 705 Å². The summed E-state index contributed by atoms with van der Waals surface area (Å²) in [6, 6.07) is 0. The molecule has 36 nitrogen and oxygen atoms in total. The van der Waals surface area contributed by atoms with E-state index < -0.39 is 0 Å². The summed E-state index contributed by atoms with van der Waals surface area (Å²) in [5.41, 5.74) is 0. The standard InChI is InChI=1S/Eu.9Na.36O.10W/q+3;9*+1;36*-2;;;;;;;;;;. The van der Waals surface area contributed by atoms with Gasteiger partial charge in [-0.2, -0.15) is 0 Å². The van der Waals surface area contributed by atoms with Crippen LogP contribution in [0.25, 0.3) is 0 Å². The zero-order chi connectivity index (χ0) is 0. The Bertz CT molecular complexity index is 77.3. The van der Waals surface area contributed by atoms with Crippen molar-refractivity contribution in [3.8, 4) is 0 Å². The van der Waals surface area contributed by atoms with Crippen molar-refractivity contribution in [3.05, 3.63) is 0 Å². The molecule has 0 aromatic carbocycles. The molecule has 0 spiro atoms. The van der Waals surface area contributed by atoms with Crippen molar-refractivity contribution in [2.75, 3.05) is 0 Å². The number of rotatable bonds is 0. The summed E-state index contributed by atoms with van der Waals surface area (Å²) in [6.07, 6.45) is 0. The molecule has 0 fully saturated rings. The molecule has 0 N–H and O–H groups in total. The van der Waals surface area contributed by atoms with E-state index in [0.717, 1.165) is 0 Å². The third-order valence-corrected chi connectivity index (χ3v) is 0.